The van der Waals surface area contributed by atoms with E-state index in [2.05, 4.69) is 0 Å². The third-order valence-electron chi connectivity index (χ3n) is 0. The van der Waals surface area contributed by atoms with Crippen molar-refractivity contribution in [1.29, 1.82) is 42.1 Å². The van der Waals surface area contributed by atoms with Gasteiger partial charge in [0.25, 0.3) is 0 Å². The maximum Gasteiger partial charge on any atom is 4.00 e. The molecule has 0 amide bonds. The summed E-state index contributed by atoms with van der Waals surface area (Å²) in [6, 6.07) is 0. The topological polar surface area (TPSA) is 190 Å². The van der Waals surface area contributed by atoms with Gasteiger partial charge in [-0.25, -0.2) is 0 Å². The van der Waals surface area contributed by atoms with Crippen molar-refractivity contribution in [2.45, 2.75) is 0 Å². The third kappa shape index (κ3) is 123. The van der Waals surface area contributed by atoms with Crippen molar-refractivity contribution in [1.82, 2.24) is 0 Å². The van der Waals surface area contributed by atoms with Gasteiger partial charge >= 0.3 is 21.1 Å². The van der Waals surface area contributed by atoms with Crippen LogP contribution < -0.4 is 0 Å². The van der Waals surface area contributed by atoms with E-state index in [1.807, 2.05) is 0 Å². The van der Waals surface area contributed by atoms with Gasteiger partial charge in [0, 0.05) is 0 Å². The van der Waals surface area contributed by atoms with Crippen molar-refractivity contribution in [3.63, 3.8) is 0 Å². The van der Waals surface area contributed by atoms with Crippen molar-refractivity contribution >= 4 is 0 Å². The Bertz CT molecular complexity index is 132. The van der Waals surface area contributed by atoms with E-state index < -0.39 is 0 Å². The van der Waals surface area contributed by atoms with Gasteiger partial charge in [-0.1, -0.05) is 0 Å². The zero-order valence-corrected chi connectivity index (χ0v) is 9.99. The fraction of sp³-hybridized carbons (Fsp3) is 0. The first-order valence-corrected chi connectivity index (χ1v) is 1.79. The minimum absolute atomic E-state index is 0. The van der Waals surface area contributed by atoms with Crippen LogP contribution in [0.25, 0.3) is 0 Å². The summed E-state index contributed by atoms with van der Waals surface area (Å²) in [6.45, 7) is 38.0. The monoisotopic (exact) mass is 306 g/mol. The minimum atomic E-state index is 0. The molecular weight excluding hydrogens is 304 g/mol. The van der Waals surface area contributed by atoms with Crippen LogP contribution in [0.2, 0.25) is 0 Å². The molecule has 82 valence electrons. The Hall–Kier alpha value is -3.39. The van der Waals surface area contributed by atoms with Crippen LogP contribution in [0.5, 0.6) is 0 Å². The summed E-state index contributed by atoms with van der Waals surface area (Å²) in [5.74, 6) is 0. The molecule has 0 radical (unpaired) electrons. The fourth-order valence-corrected chi connectivity index (χ4v) is 0. The summed E-state index contributed by atoms with van der Waals surface area (Å²) < 4.78 is 0. The molecule has 9 heteroatoms. The molecule has 0 heterocycles. The Morgan fingerprint density at radius 1 is 0.235 bits per heavy atom. The van der Waals surface area contributed by atoms with Crippen LogP contribution in [-0.2, 0) is 21.1 Å². The number of hydrogen-bond donors (Lipinski definition) is 0. The van der Waals surface area contributed by atoms with E-state index in [4.69, 9.17) is 94.7 Å². The zero-order valence-electron chi connectivity index (χ0n) is 7.99. The Labute approximate surface area is 116 Å². The first kappa shape index (κ1) is 102. The molecule has 0 bridgehead atoms. The van der Waals surface area contributed by atoms with Gasteiger partial charge in [0.1, 0.15) is 0 Å². The molecule has 0 atom stereocenters. The maximum absolute atomic E-state index is 6.25. The Balaban J connectivity index is -0.00000000610. The molecule has 0 N–H and O–H groups in total. The van der Waals surface area contributed by atoms with Gasteiger partial charge in [0.2, 0.25) is 0 Å². The number of nitrogens with zero attached hydrogens (tertiary/aromatic N) is 8. The summed E-state index contributed by atoms with van der Waals surface area (Å²) in [4.78, 5) is 0. The van der Waals surface area contributed by atoms with Gasteiger partial charge in [0.15, 0.2) is 0 Å². The van der Waals surface area contributed by atoms with Crippen molar-refractivity contribution < 1.29 is 21.1 Å². The second-order valence-electron chi connectivity index (χ2n) is 0. The third-order valence-corrected chi connectivity index (χ3v) is 0. The minimum Gasteiger partial charge on any atom is -0.512 e. The van der Waals surface area contributed by atoms with Crippen molar-refractivity contribution in [2.24, 2.45) is 0 Å². The average molecular weight is 304 g/mol. The van der Waals surface area contributed by atoms with Crippen LogP contribution >= 0.6 is 0 Å². The standard InChI is InChI=1S/8CN.Mo/c8*1-2;/q8*-1;+4. The van der Waals surface area contributed by atoms with Gasteiger partial charge < -0.3 is 94.7 Å². The average Bonchev–Trinajstić information content (AvgIpc) is 2.54. The van der Waals surface area contributed by atoms with Gasteiger partial charge in [-0.15, -0.1) is 0 Å². The van der Waals surface area contributed by atoms with Gasteiger partial charge in [-0.3, -0.25) is 0 Å². The molecule has 0 rings (SSSR count). The predicted octanol–water partition coefficient (Wildman–Crippen LogP) is 0.768. The van der Waals surface area contributed by atoms with Crippen LogP contribution in [0.3, 0.4) is 0 Å². The molecular formula is C8MoN8-4. The molecule has 0 aromatic carbocycles. The van der Waals surface area contributed by atoms with E-state index in [1.165, 1.54) is 0 Å². The second kappa shape index (κ2) is 148. The van der Waals surface area contributed by atoms with E-state index in [9.17, 15) is 0 Å². The molecule has 0 aliphatic rings. The molecule has 0 saturated carbocycles. The van der Waals surface area contributed by atoms with Crippen LogP contribution in [-0.4, -0.2) is 0 Å². The summed E-state index contributed by atoms with van der Waals surface area (Å²) in [7, 11) is 0. The molecule has 0 aliphatic heterocycles. The van der Waals surface area contributed by atoms with Gasteiger partial charge in [0.05, 0.1) is 0 Å². The maximum atomic E-state index is 6.25. The first-order chi connectivity index (χ1) is 8.00. The Kier molecular flexibility index (Phi) is 885. The molecule has 0 saturated heterocycles. The number of rotatable bonds is 0. The molecule has 0 spiro atoms. The molecule has 0 aromatic heterocycles. The Morgan fingerprint density at radius 3 is 0.235 bits per heavy atom. The molecule has 0 unspecified atom stereocenters. The van der Waals surface area contributed by atoms with Crippen molar-refractivity contribution in [3.8, 4) is 0 Å². The second-order valence-corrected chi connectivity index (χ2v) is 0. The van der Waals surface area contributed by atoms with E-state index >= 15 is 0 Å². The Morgan fingerprint density at radius 2 is 0.235 bits per heavy atom. The summed E-state index contributed by atoms with van der Waals surface area (Å²) in [5.41, 5.74) is 0. The fourth-order valence-electron chi connectivity index (χ4n) is 0. The van der Waals surface area contributed by atoms with E-state index in [-0.39, 0.29) is 21.1 Å². The first-order valence-electron chi connectivity index (χ1n) is 1.79. The van der Waals surface area contributed by atoms with Crippen LogP contribution in [0.4, 0.5) is 0 Å². The largest absolute Gasteiger partial charge is 4.00 e. The summed E-state index contributed by atoms with van der Waals surface area (Å²) >= 11 is 0. The van der Waals surface area contributed by atoms with Gasteiger partial charge in [-0.2, -0.15) is 0 Å². The van der Waals surface area contributed by atoms with E-state index in [1.54, 1.807) is 0 Å². The predicted molar refractivity (Wildman–Crippen MR) is 39.7 cm³/mol. The molecule has 0 fully saturated rings. The van der Waals surface area contributed by atoms with Gasteiger partial charge in [-0.05, 0) is 0 Å². The molecule has 17 heavy (non-hydrogen) atoms. The van der Waals surface area contributed by atoms with Crippen LogP contribution in [0, 0.1) is 94.7 Å². The smallest absolute Gasteiger partial charge is 0.512 e. The number of hydrogen-bond acceptors (Lipinski definition) is 8. The SMILES string of the molecule is [C-]#N.[C-]#N.[C-]#N.[C-]#N.[C-]#N.[C-]#N.[C-]#N.[C-]#N.[Mo+4]. The summed E-state index contributed by atoms with van der Waals surface area (Å²) in [6.07, 6.45) is 0. The normalized spacial score (nSPS) is 0.941. The molecule has 8 nitrogen and oxygen atoms in total. The quantitative estimate of drug-likeness (QED) is 0.462. The van der Waals surface area contributed by atoms with E-state index in [0.717, 1.165) is 0 Å². The van der Waals surface area contributed by atoms with Crippen molar-refractivity contribution in [3.05, 3.63) is 52.6 Å². The summed E-state index contributed by atoms with van der Waals surface area (Å²) in [5, 5.41) is 50.0. The zero-order chi connectivity index (χ0) is 16.0. The van der Waals surface area contributed by atoms with Crippen LogP contribution in [0.15, 0.2) is 0 Å². The molecule has 0 aliphatic carbocycles. The van der Waals surface area contributed by atoms with E-state index in [0.29, 0.717) is 0 Å². The van der Waals surface area contributed by atoms with Crippen molar-refractivity contribution in [2.75, 3.05) is 0 Å². The van der Waals surface area contributed by atoms with Crippen LogP contribution in [0.1, 0.15) is 0 Å². The molecule has 0 aromatic rings.